The first-order valence-electron chi connectivity index (χ1n) is 9.82. The fraction of sp³-hybridized carbons (Fsp3) is 0.174. The molecular formula is C23H20ClFN4O3. The third kappa shape index (κ3) is 4.97. The molecule has 0 spiro atoms. The molecule has 2 heterocycles. The minimum Gasteiger partial charge on any atom is -0.489 e. The summed E-state index contributed by atoms with van der Waals surface area (Å²) in [6, 6.07) is 13.6. The van der Waals surface area contributed by atoms with Crippen LogP contribution in [0.3, 0.4) is 0 Å². The van der Waals surface area contributed by atoms with Crippen LogP contribution in [0.1, 0.15) is 32.9 Å². The maximum atomic E-state index is 13.1. The molecule has 9 heteroatoms. The van der Waals surface area contributed by atoms with E-state index in [1.807, 2.05) is 31.2 Å². The summed E-state index contributed by atoms with van der Waals surface area (Å²) in [5.41, 5.74) is 2.59. The van der Waals surface area contributed by atoms with Gasteiger partial charge < -0.3 is 14.6 Å². The molecule has 164 valence electrons. The van der Waals surface area contributed by atoms with Crippen molar-refractivity contribution in [3.63, 3.8) is 0 Å². The number of amides is 1. The highest BCUT2D eigenvalue weighted by Crippen LogP contribution is 2.23. The zero-order chi connectivity index (χ0) is 22.7. The molecule has 1 N–H and O–H groups in total. The van der Waals surface area contributed by atoms with Crippen molar-refractivity contribution >= 4 is 23.3 Å². The van der Waals surface area contributed by atoms with E-state index in [9.17, 15) is 9.18 Å². The van der Waals surface area contributed by atoms with Gasteiger partial charge in [-0.3, -0.25) is 9.48 Å². The van der Waals surface area contributed by atoms with Crippen molar-refractivity contribution in [3.8, 4) is 5.75 Å². The van der Waals surface area contributed by atoms with E-state index in [1.165, 1.54) is 12.1 Å². The van der Waals surface area contributed by atoms with Crippen molar-refractivity contribution in [3.05, 3.63) is 93.7 Å². The molecule has 0 radical (unpaired) electrons. The van der Waals surface area contributed by atoms with Gasteiger partial charge in [0.05, 0.1) is 12.1 Å². The highest BCUT2D eigenvalue weighted by Gasteiger charge is 2.22. The molecule has 2 aromatic heterocycles. The zero-order valence-electron chi connectivity index (χ0n) is 17.4. The number of nitrogens with one attached hydrogen (secondary N) is 1. The molecule has 32 heavy (non-hydrogen) atoms. The van der Waals surface area contributed by atoms with Crippen molar-refractivity contribution < 1.29 is 18.4 Å². The minimum absolute atomic E-state index is 0.0961. The largest absolute Gasteiger partial charge is 0.489 e. The van der Waals surface area contributed by atoms with E-state index in [2.05, 4.69) is 15.6 Å². The summed E-state index contributed by atoms with van der Waals surface area (Å²) < 4.78 is 25.6. The molecule has 0 saturated heterocycles. The maximum absolute atomic E-state index is 13.1. The molecule has 1 amide bonds. The Bertz CT molecular complexity index is 1230. The van der Waals surface area contributed by atoms with Gasteiger partial charge in [-0.1, -0.05) is 46.6 Å². The van der Waals surface area contributed by atoms with Gasteiger partial charge in [-0.05, 0) is 43.7 Å². The number of aryl methyl sites for hydroxylation is 2. The first-order valence-corrected chi connectivity index (χ1v) is 10.2. The molecule has 0 atom stereocenters. The number of hydrogen-bond acceptors (Lipinski definition) is 5. The molecule has 0 saturated carbocycles. The zero-order valence-corrected chi connectivity index (χ0v) is 18.2. The van der Waals surface area contributed by atoms with Crippen LogP contribution in [0.2, 0.25) is 5.02 Å². The van der Waals surface area contributed by atoms with Gasteiger partial charge in [0.15, 0.2) is 11.5 Å². The Morgan fingerprint density at radius 3 is 2.59 bits per heavy atom. The number of nitrogens with zero attached hydrogens (tertiary/aromatic N) is 3. The third-order valence-corrected chi connectivity index (χ3v) is 5.09. The number of carbonyl (C=O) groups excluding carboxylic acids is 1. The van der Waals surface area contributed by atoms with Gasteiger partial charge in [-0.15, -0.1) is 0 Å². The van der Waals surface area contributed by atoms with Gasteiger partial charge in [0, 0.05) is 6.20 Å². The minimum atomic E-state index is -0.515. The van der Waals surface area contributed by atoms with Gasteiger partial charge >= 0.3 is 0 Å². The van der Waals surface area contributed by atoms with Crippen molar-refractivity contribution in [2.24, 2.45) is 0 Å². The smallest absolute Gasteiger partial charge is 0.279 e. The van der Waals surface area contributed by atoms with E-state index in [-0.39, 0.29) is 29.0 Å². The molecule has 0 bridgehead atoms. The fourth-order valence-electron chi connectivity index (χ4n) is 3.04. The molecule has 0 aliphatic rings. The Balaban J connectivity index is 1.45. The Labute approximate surface area is 188 Å². The normalized spacial score (nSPS) is 10.9. The summed E-state index contributed by atoms with van der Waals surface area (Å²) in [5, 5.41) is 11.1. The molecule has 0 aliphatic carbocycles. The van der Waals surface area contributed by atoms with Gasteiger partial charge in [0.25, 0.3) is 5.91 Å². The van der Waals surface area contributed by atoms with Crippen LogP contribution in [0, 0.1) is 19.7 Å². The average molecular weight is 455 g/mol. The Morgan fingerprint density at radius 2 is 1.88 bits per heavy atom. The van der Waals surface area contributed by atoms with Gasteiger partial charge in [0.2, 0.25) is 0 Å². The van der Waals surface area contributed by atoms with Gasteiger partial charge in [0.1, 0.15) is 29.0 Å². The molecule has 0 unspecified atom stereocenters. The second-order valence-corrected chi connectivity index (χ2v) is 7.68. The van der Waals surface area contributed by atoms with Crippen molar-refractivity contribution in [1.29, 1.82) is 0 Å². The Morgan fingerprint density at radius 1 is 1.16 bits per heavy atom. The second kappa shape index (κ2) is 9.23. The van der Waals surface area contributed by atoms with Crippen LogP contribution in [0.25, 0.3) is 0 Å². The van der Waals surface area contributed by atoms with Crippen LogP contribution >= 0.6 is 11.6 Å². The molecular weight excluding hydrogens is 435 g/mol. The Kier molecular flexibility index (Phi) is 6.23. The van der Waals surface area contributed by atoms with Crippen LogP contribution in [0.15, 0.2) is 59.3 Å². The number of benzene rings is 2. The van der Waals surface area contributed by atoms with Gasteiger partial charge in [-0.2, -0.15) is 5.10 Å². The lowest BCUT2D eigenvalue weighted by Gasteiger charge is -2.07. The number of carbonyl (C=O) groups is 1. The molecule has 2 aromatic carbocycles. The van der Waals surface area contributed by atoms with Crippen LogP contribution in [0.4, 0.5) is 10.2 Å². The van der Waals surface area contributed by atoms with Crippen LogP contribution in [-0.4, -0.2) is 20.8 Å². The highest BCUT2D eigenvalue weighted by atomic mass is 35.5. The number of aromatic nitrogens is 3. The van der Waals surface area contributed by atoms with E-state index in [0.29, 0.717) is 23.6 Å². The van der Waals surface area contributed by atoms with Crippen LogP contribution < -0.4 is 10.1 Å². The maximum Gasteiger partial charge on any atom is 0.279 e. The summed E-state index contributed by atoms with van der Waals surface area (Å²) in [7, 11) is 0. The third-order valence-electron chi connectivity index (χ3n) is 4.81. The summed E-state index contributed by atoms with van der Waals surface area (Å²) in [6.07, 6.45) is 1.58. The lowest BCUT2D eigenvalue weighted by Crippen LogP contribution is -2.16. The standard InChI is InChI=1S/C23H20ClFN4O3/c1-14-3-9-18(10-4-14)31-13-19-15(2)32-28-21(19)23(30)26-22-20(24)12-29(27-22)11-16-5-7-17(25)8-6-16/h3-10,12H,11,13H2,1-2H3,(H,26,27,30). The van der Waals surface area contributed by atoms with Gasteiger partial charge in [-0.25, -0.2) is 4.39 Å². The monoisotopic (exact) mass is 454 g/mol. The lowest BCUT2D eigenvalue weighted by molar-refractivity contribution is 0.101. The molecule has 7 nitrogen and oxygen atoms in total. The summed E-state index contributed by atoms with van der Waals surface area (Å²) in [5.74, 6) is 0.508. The van der Waals surface area contributed by atoms with E-state index < -0.39 is 5.91 Å². The SMILES string of the molecule is Cc1ccc(OCc2c(C(=O)Nc3nn(Cc4ccc(F)cc4)cc3Cl)noc2C)cc1. The summed E-state index contributed by atoms with van der Waals surface area (Å²) in [4.78, 5) is 12.8. The van der Waals surface area contributed by atoms with E-state index in [1.54, 1.807) is 29.9 Å². The Hall–Kier alpha value is -3.65. The molecule has 0 aliphatic heterocycles. The number of ether oxygens (including phenoxy) is 1. The number of anilines is 1. The van der Waals surface area contributed by atoms with E-state index in [0.717, 1.165) is 11.1 Å². The molecule has 4 rings (SSSR count). The van der Waals surface area contributed by atoms with Crippen molar-refractivity contribution in [1.82, 2.24) is 14.9 Å². The topological polar surface area (TPSA) is 82.2 Å². The highest BCUT2D eigenvalue weighted by molar-refractivity contribution is 6.33. The van der Waals surface area contributed by atoms with Crippen molar-refractivity contribution in [2.75, 3.05) is 5.32 Å². The van der Waals surface area contributed by atoms with Crippen molar-refractivity contribution in [2.45, 2.75) is 27.0 Å². The van der Waals surface area contributed by atoms with E-state index >= 15 is 0 Å². The summed E-state index contributed by atoms with van der Waals surface area (Å²) in [6.45, 7) is 4.19. The lowest BCUT2D eigenvalue weighted by atomic mass is 10.2. The number of hydrogen-bond donors (Lipinski definition) is 1. The quantitative estimate of drug-likeness (QED) is 0.417. The molecule has 0 fully saturated rings. The summed E-state index contributed by atoms with van der Waals surface area (Å²) >= 11 is 6.24. The fourth-order valence-corrected chi connectivity index (χ4v) is 3.23. The van der Waals surface area contributed by atoms with Crippen LogP contribution in [0.5, 0.6) is 5.75 Å². The predicted octanol–water partition coefficient (Wildman–Crippen LogP) is 5.16. The second-order valence-electron chi connectivity index (χ2n) is 7.27. The first kappa shape index (κ1) is 21.6. The predicted molar refractivity (Wildman–Crippen MR) is 117 cm³/mol. The van der Waals surface area contributed by atoms with Crippen LogP contribution in [-0.2, 0) is 13.2 Å². The number of rotatable bonds is 7. The number of halogens is 2. The molecule has 4 aromatic rings. The first-order chi connectivity index (χ1) is 15.4. The average Bonchev–Trinajstić information content (AvgIpc) is 3.31. The van der Waals surface area contributed by atoms with E-state index in [4.69, 9.17) is 20.9 Å².